The standard InChI is InChI=1S/C20H25BrClFN4O5.C8H16FN/c1-20(2,3)32-19(29)27-8-10(9-27)7-24-5-6-31-16-11-15(14(23)12(21)13(16)22)25-18(30-4)26-17(11)28;1-3-8-5-7(9)6-10(8)4-2/h10,24H,5-9H2,1-4H3,(H,25,26,28);7-8H,3-6H2,1-2H3/t;7-,8?/m.1/s1. The number of H-pyrrole nitrogens is 1. The van der Waals surface area contributed by atoms with Crippen LogP contribution in [-0.2, 0) is 4.74 Å². The monoisotopic (exact) mass is 679 g/mol. The highest BCUT2D eigenvalue weighted by Gasteiger charge is 2.33. The zero-order chi connectivity index (χ0) is 31.2. The van der Waals surface area contributed by atoms with E-state index in [1.54, 1.807) is 4.90 Å². The molecule has 236 valence electrons. The minimum atomic E-state index is -0.778. The van der Waals surface area contributed by atoms with Crippen LogP contribution < -0.4 is 20.3 Å². The summed E-state index contributed by atoms with van der Waals surface area (Å²) in [5.41, 5.74) is -1.35. The van der Waals surface area contributed by atoms with E-state index in [1.807, 2.05) is 20.8 Å². The van der Waals surface area contributed by atoms with Crippen molar-refractivity contribution in [2.24, 2.45) is 5.92 Å². The molecule has 0 spiro atoms. The number of methoxy groups -OCH3 is 1. The predicted molar refractivity (Wildman–Crippen MR) is 162 cm³/mol. The van der Waals surface area contributed by atoms with E-state index >= 15 is 0 Å². The van der Waals surface area contributed by atoms with Gasteiger partial charge in [0.25, 0.3) is 11.6 Å². The van der Waals surface area contributed by atoms with Gasteiger partial charge in [0.1, 0.15) is 34.3 Å². The van der Waals surface area contributed by atoms with E-state index in [-0.39, 0.29) is 44.9 Å². The number of halogens is 4. The molecule has 1 aromatic carbocycles. The van der Waals surface area contributed by atoms with Crippen LogP contribution in [0.1, 0.15) is 47.5 Å². The van der Waals surface area contributed by atoms with Gasteiger partial charge in [-0.1, -0.05) is 25.4 Å². The summed E-state index contributed by atoms with van der Waals surface area (Å²) >= 11 is 9.29. The maximum Gasteiger partial charge on any atom is 0.410 e. The molecule has 42 heavy (non-hydrogen) atoms. The number of hydrogen-bond acceptors (Lipinski definition) is 8. The lowest BCUT2D eigenvalue weighted by atomic mass is 10.0. The molecule has 4 rings (SSSR count). The van der Waals surface area contributed by atoms with Crippen LogP contribution in [0.5, 0.6) is 11.8 Å². The number of nitrogens with zero attached hydrogens (tertiary/aromatic N) is 3. The Morgan fingerprint density at radius 1 is 1.26 bits per heavy atom. The van der Waals surface area contributed by atoms with Gasteiger partial charge in [-0.15, -0.1) is 0 Å². The lowest BCUT2D eigenvalue weighted by Gasteiger charge is -2.39. The van der Waals surface area contributed by atoms with Gasteiger partial charge in [0.2, 0.25) is 0 Å². The van der Waals surface area contributed by atoms with Gasteiger partial charge in [0, 0.05) is 44.7 Å². The quantitative estimate of drug-likeness (QED) is 0.277. The van der Waals surface area contributed by atoms with Crippen LogP contribution in [0, 0.1) is 11.7 Å². The summed E-state index contributed by atoms with van der Waals surface area (Å²) in [7, 11) is 1.31. The molecule has 2 N–H and O–H groups in total. The summed E-state index contributed by atoms with van der Waals surface area (Å²) in [6.45, 7) is 13.9. The molecule has 2 aliphatic rings. The molecule has 1 unspecified atom stereocenters. The lowest BCUT2D eigenvalue weighted by Crippen LogP contribution is -2.54. The van der Waals surface area contributed by atoms with Gasteiger partial charge >= 0.3 is 6.09 Å². The number of carbonyl (C=O) groups excluding carboxylic acids is 1. The minimum absolute atomic E-state index is 0.0351. The van der Waals surface area contributed by atoms with Gasteiger partial charge in [0.05, 0.1) is 11.6 Å². The first-order valence-corrected chi connectivity index (χ1v) is 15.3. The number of nitrogens with one attached hydrogen (secondary N) is 2. The van der Waals surface area contributed by atoms with Crippen LogP contribution in [0.25, 0.3) is 10.9 Å². The Labute approximate surface area is 258 Å². The maximum atomic E-state index is 14.6. The van der Waals surface area contributed by atoms with Gasteiger partial charge in [-0.05, 0) is 56.1 Å². The van der Waals surface area contributed by atoms with Crippen molar-refractivity contribution >= 4 is 44.5 Å². The predicted octanol–water partition coefficient (Wildman–Crippen LogP) is 5.15. The second-order valence-electron chi connectivity index (χ2n) is 11.4. The summed E-state index contributed by atoms with van der Waals surface area (Å²) < 4.78 is 43.2. The van der Waals surface area contributed by atoms with E-state index in [0.29, 0.717) is 44.7 Å². The van der Waals surface area contributed by atoms with Crippen LogP contribution >= 0.6 is 27.5 Å². The first-order valence-electron chi connectivity index (χ1n) is 14.1. The number of alkyl halides is 1. The van der Waals surface area contributed by atoms with Gasteiger partial charge in [-0.3, -0.25) is 14.7 Å². The van der Waals surface area contributed by atoms with Crippen molar-refractivity contribution in [2.45, 2.75) is 65.3 Å². The Morgan fingerprint density at radius 3 is 2.52 bits per heavy atom. The van der Waals surface area contributed by atoms with E-state index in [0.717, 1.165) is 19.4 Å². The molecule has 1 aromatic heterocycles. The number of fused-ring (bicyclic) bond motifs is 1. The molecule has 2 fully saturated rings. The topological polar surface area (TPSA) is 109 Å². The van der Waals surface area contributed by atoms with Crippen molar-refractivity contribution in [1.82, 2.24) is 25.1 Å². The third-order valence-corrected chi connectivity index (χ3v) is 8.37. The summed E-state index contributed by atoms with van der Waals surface area (Å²) in [5, 5.41) is 3.09. The fourth-order valence-electron chi connectivity index (χ4n) is 4.90. The normalized spacial score (nSPS) is 19.3. The van der Waals surface area contributed by atoms with Gasteiger partial charge < -0.3 is 24.4 Å². The summed E-state index contributed by atoms with van der Waals surface area (Å²) in [6.07, 6.45) is 0.972. The van der Waals surface area contributed by atoms with E-state index < -0.39 is 23.1 Å². The molecular weight excluding hydrogens is 640 g/mol. The fourth-order valence-corrected chi connectivity index (χ4v) is 5.50. The third-order valence-electron chi connectivity index (χ3n) is 7.03. The maximum absolute atomic E-state index is 14.6. The van der Waals surface area contributed by atoms with Crippen LogP contribution in [0.4, 0.5) is 13.6 Å². The summed E-state index contributed by atoms with van der Waals surface area (Å²) in [6, 6.07) is 0.393. The van der Waals surface area contributed by atoms with Crippen molar-refractivity contribution in [3.63, 3.8) is 0 Å². The molecular formula is C28H41BrClF2N5O5. The van der Waals surface area contributed by atoms with Crippen molar-refractivity contribution in [1.29, 1.82) is 0 Å². The van der Waals surface area contributed by atoms with Gasteiger partial charge in [-0.2, -0.15) is 4.98 Å². The number of amides is 1. The Hall–Kier alpha value is -2.22. The van der Waals surface area contributed by atoms with Crippen LogP contribution in [0.2, 0.25) is 5.02 Å². The third kappa shape index (κ3) is 8.67. The van der Waals surface area contributed by atoms with Crippen molar-refractivity contribution < 1.29 is 27.8 Å². The number of benzene rings is 1. The second-order valence-corrected chi connectivity index (χ2v) is 12.5. The molecule has 0 aliphatic carbocycles. The molecule has 0 radical (unpaired) electrons. The van der Waals surface area contributed by atoms with E-state index in [4.69, 9.17) is 25.8 Å². The molecule has 2 saturated heterocycles. The summed E-state index contributed by atoms with van der Waals surface area (Å²) in [5.74, 6) is -0.432. The fraction of sp³-hybridized carbons (Fsp3) is 0.679. The second kappa shape index (κ2) is 15.0. The Kier molecular flexibility index (Phi) is 12.2. The molecule has 2 aromatic rings. The zero-order valence-corrected chi connectivity index (χ0v) is 27.3. The molecule has 3 heterocycles. The number of aromatic nitrogens is 2. The Bertz CT molecular complexity index is 1280. The van der Waals surface area contributed by atoms with Gasteiger partial charge in [-0.25, -0.2) is 13.6 Å². The molecule has 1 amide bonds. The smallest absolute Gasteiger partial charge is 0.410 e. The molecule has 2 atom stereocenters. The van der Waals surface area contributed by atoms with Crippen LogP contribution in [0.15, 0.2) is 9.27 Å². The number of likely N-dealkylation sites (tertiary alicyclic amines) is 2. The zero-order valence-electron chi connectivity index (χ0n) is 25.0. The lowest BCUT2D eigenvalue weighted by molar-refractivity contribution is -0.000823. The van der Waals surface area contributed by atoms with E-state index in [1.165, 1.54) is 7.11 Å². The van der Waals surface area contributed by atoms with Crippen LogP contribution in [-0.4, -0.2) is 96.7 Å². The average molecular weight is 681 g/mol. The first kappa shape index (κ1) is 34.3. The number of hydrogen-bond donors (Lipinski definition) is 2. The Morgan fingerprint density at radius 2 is 1.95 bits per heavy atom. The molecule has 10 nitrogen and oxygen atoms in total. The van der Waals surface area contributed by atoms with Crippen LogP contribution in [0.3, 0.4) is 0 Å². The van der Waals surface area contributed by atoms with Crippen molar-refractivity contribution in [2.75, 3.05) is 53.0 Å². The number of aromatic amines is 1. The highest BCUT2D eigenvalue weighted by atomic mass is 79.9. The van der Waals surface area contributed by atoms with E-state index in [9.17, 15) is 18.4 Å². The molecule has 0 saturated carbocycles. The Balaban J connectivity index is 0.000000408. The van der Waals surface area contributed by atoms with Gasteiger partial charge in [0.15, 0.2) is 11.6 Å². The number of ether oxygens (including phenoxy) is 3. The molecule has 0 bridgehead atoms. The highest BCUT2D eigenvalue weighted by molar-refractivity contribution is 9.10. The largest absolute Gasteiger partial charge is 0.490 e. The SMILES string of the molecule is CCC1C[C@@H](F)CN1CC.COc1nc2c(F)c(Br)c(Cl)c(OCCNCC3CN(C(=O)OC(C)(C)C)C3)c2c(=O)[nH]1. The highest BCUT2D eigenvalue weighted by Crippen LogP contribution is 2.40. The van der Waals surface area contributed by atoms with Crippen molar-refractivity contribution in [3.8, 4) is 11.8 Å². The minimum Gasteiger partial charge on any atom is -0.490 e. The molecule has 2 aliphatic heterocycles. The summed E-state index contributed by atoms with van der Waals surface area (Å²) in [4.78, 5) is 34.7. The first-order chi connectivity index (χ1) is 19.8. The number of carbonyl (C=O) groups is 1. The number of rotatable bonds is 9. The molecule has 14 heteroatoms. The van der Waals surface area contributed by atoms with Crippen molar-refractivity contribution in [3.05, 3.63) is 25.7 Å². The average Bonchev–Trinajstić information content (AvgIpc) is 3.28. The van der Waals surface area contributed by atoms with E-state index in [2.05, 4.69) is 50.0 Å².